The fraction of sp³-hybridized carbons (Fsp3) is 0.273. The molecule has 1 N–H and O–H groups in total. The molecule has 0 aliphatic heterocycles. The van der Waals surface area contributed by atoms with Gasteiger partial charge in [0.2, 0.25) is 0 Å². The molecule has 2 aromatic rings. The summed E-state index contributed by atoms with van der Waals surface area (Å²) in [4.78, 5) is 0. The second-order valence-electron chi connectivity index (χ2n) is 3.58. The molecule has 1 aromatic carbocycles. The Labute approximate surface area is 112 Å². The predicted octanol–water partition coefficient (Wildman–Crippen LogP) is 2.61. The van der Waals surface area contributed by atoms with Gasteiger partial charge in [-0.1, -0.05) is 16.8 Å². The van der Waals surface area contributed by atoms with Crippen molar-refractivity contribution in [2.75, 3.05) is 6.61 Å². The summed E-state index contributed by atoms with van der Waals surface area (Å²) in [5.74, 6) is 0. The van der Waals surface area contributed by atoms with E-state index in [0.717, 1.165) is 22.3 Å². The zero-order chi connectivity index (χ0) is 12.3. The summed E-state index contributed by atoms with van der Waals surface area (Å²) < 4.78 is 2.52. The molecule has 90 valence electrons. The lowest BCUT2D eigenvalue weighted by atomic mass is 10.2. The highest BCUT2D eigenvalue weighted by Gasteiger charge is 2.04. The quantitative estimate of drug-likeness (QED) is 0.943. The van der Waals surface area contributed by atoms with Crippen molar-refractivity contribution in [3.63, 3.8) is 0 Å². The molecule has 0 bridgehead atoms. The van der Waals surface area contributed by atoms with Crippen LogP contribution in [0.5, 0.6) is 0 Å². The maximum Gasteiger partial charge on any atom is 0.0832 e. The third kappa shape index (κ3) is 3.06. The maximum absolute atomic E-state index is 8.74. The van der Waals surface area contributed by atoms with Crippen molar-refractivity contribution in [1.29, 1.82) is 0 Å². The van der Waals surface area contributed by atoms with Crippen molar-refractivity contribution in [2.24, 2.45) is 0 Å². The molecule has 0 radical (unpaired) electrons. The maximum atomic E-state index is 8.74. The average Bonchev–Trinajstić information content (AvgIpc) is 2.79. The van der Waals surface area contributed by atoms with Gasteiger partial charge in [-0.25, -0.2) is 4.68 Å². The molecule has 0 saturated heterocycles. The number of benzene rings is 1. The van der Waals surface area contributed by atoms with Crippen molar-refractivity contribution < 1.29 is 5.11 Å². The molecule has 0 unspecified atom stereocenters. The van der Waals surface area contributed by atoms with Gasteiger partial charge in [0.25, 0.3) is 0 Å². The van der Waals surface area contributed by atoms with Crippen molar-refractivity contribution in [3.8, 4) is 5.69 Å². The Balaban J connectivity index is 2.21. The number of aryl methyl sites for hydroxylation is 1. The van der Waals surface area contributed by atoms with Gasteiger partial charge in [0.15, 0.2) is 0 Å². The van der Waals surface area contributed by atoms with E-state index in [0.29, 0.717) is 11.4 Å². The molecule has 17 heavy (non-hydrogen) atoms. The van der Waals surface area contributed by atoms with E-state index in [1.54, 1.807) is 4.68 Å². The summed E-state index contributed by atoms with van der Waals surface area (Å²) >= 11 is 9.35. The molecule has 0 aliphatic rings. The van der Waals surface area contributed by atoms with Gasteiger partial charge >= 0.3 is 0 Å². The second kappa shape index (κ2) is 5.62. The SMILES string of the molecule is OCCCc1cn(-c2ccc(Br)c(Cl)c2)nn1. The van der Waals surface area contributed by atoms with Gasteiger partial charge in [-0.3, -0.25) is 0 Å². The predicted molar refractivity (Wildman–Crippen MR) is 69.5 cm³/mol. The molecule has 2 rings (SSSR count). The third-order valence-corrected chi connectivity index (χ3v) is 3.53. The van der Waals surface area contributed by atoms with Gasteiger partial charge in [0.05, 0.1) is 22.6 Å². The first kappa shape index (κ1) is 12.5. The number of hydrogen-bond acceptors (Lipinski definition) is 3. The lowest BCUT2D eigenvalue weighted by molar-refractivity contribution is 0.288. The van der Waals surface area contributed by atoms with Crippen LogP contribution in [-0.2, 0) is 6.42 Å². The van der Waals surface area contributed by atoms with Gasteiger partial charge in [-0.15, -0.1) is 5.10 Å². The fourth-order valence-electron chi connectivity index (χ4n) is 1.43. The van der Waals surface area contributed by atoms with Crippen LogP contribution in [0.1, 0.15) is 12.1 Å². The Morgan fingerprint density at radius 1 is 1.41 bits per heavy atom. The van der Waals surface area contributed by atoms with Crippen LogP contribution < -0.4 is 0 Å². The van der Waals surface area contributed by atoms with E-state index in [9.17, 15) is 0 Å². The van der Waals surface area contributed by atoms with E-state index in [4.69, 9.17) is 16.7 Å². The minimum atomic E-state index is 0.164. The summed E-state index contributed by atoms with van der Waals surface area (Å²) in [6, 6.07) is 5.59. The molecule has 0 aliphatic carbocycles. The second-order valence-corrected chi connectivity index (χ2v) is 4.84. The van der Waals surface area contributed by atoms with Crippen LogP contribution in [-0.4, -0.2) is 26.7 Å². The smallest absolute Gasteiger partial charge is 0.0832 e. The van der Waals surface area contributed by atoms with Gasteiger partial charge in [0.1, 0.15) is 0 Å². The Morgan fingerprint density at radius 3 is 2.94 bits per heavy atom. The van der Waals surface area contributed by atoms with E-state index in [1.807, 2.05) is 24.4 Å². The number of aliphatic hydroxyl groups excluding tert-OH is 1. The van der Waals surface area contributed by atoms with Crippen LogP contribution in [0.2, 0.25) is 5.02 Å². The highest BCUT2D eigenvalue weighted by molar-refractivity contribution is 9.10. The molecular weight excluding hydrogens is 305 g/mol. The molecule has 1 aromatic heterocycles. The average molecular weight is 317 g/mol. The van der Waals surface area contributed by atoms with E-state index in [-0.39, 0.29) is 6.61 Å². The van der Waals surface area contributed by atoms with Gasteiger partial charge in [-0.2, -0.15) is 0 Å². The van der Waals surface area contributed by atoms with Crippen LogP contribution in [0, 0.1) is 0 Å². The molecule has 0 atom stereocenters. The largest absolute Gasteiger partial charge is 0.396 e. The molecule has 6 heteroatoms. The lowest BCUT2D eigenvalue weighted by Gasteiger charge is -2.01. The van der Waals surface area contributed by atoms with Crippen LogP contribution in [0.4, 0.5) is 0 Å². The van der Waals surface area contributed by atoms with Gasteiger partial charge in [0, 0.05) is 11.1 Å². The number of halogens is 2. The summed E-state index contributed by atoms with van der Waals surface area (Å²) in [5.41, 5.74) is 1.72. The first-order valence-electron chi connectivity index (χ1n) is 5.18. The highest BCUT2D eigenvalue weighted by Crippen LogP contribution is 2.24. The Bertz CT molecular complexity index is 515. The zero-order valence-electron chi connectivity index (χ0n) is 8.98. The number of aromatic nitrogens is 3. The van der Waals surface area contributed by atoms with E-state index < -0.39 is 0 Å². The number of rotatable bonds is 4. The Hall–Kier alpha value is -0.910. The molecular formula is C11H11BrClN3O. The zero-order valence-corrected chi connectivity index (χ0v) is 11.3. The van der Waals surface area contributed by atoms with Gasteiger partial charge in [-0.05, 0) is 47.0 Å². The molecule has 1 heterocycles. The lowest BCUT2D eigenvalue weighted by Crippen LogP contribution is -1.94. The van der Waals surface area contributed by atoms with Crippen molar-refractivity contribution in [3.05, 3.63) is 39.6 Å². The van der Waals surface area contributed by atoms with Crippen LogP contribution in [0.3, 0.4) is 0 Å². The van der Waals surface area contributed by atoms with Crippen LogP contribution in [0.15, 0.2) is 28.9 Å². The third-order valence-electron chi connectivity index (χ3n) is 2.30. The molecule has 0 amide bonds. The van der Waals surface area contributed by atoms with Crippen LogP contribution in [0.25, 0.3) is 5.69 Å². The van der Waals surface area contributed by atoms with E-state index in [2.05, 4.69) is 26.2 Å². The first-order chi connectivity index (χ1) is 8.20. The van der Waals surface area contributed by atoms with E-state index >= 15 is 0 Å². The minimum Gasteiger partial charge on any atom is -0.396 e. The summed E-state index contributed by atoms with van der Waals surface area (Å²) in [6.45, 7) is 0.164. The number of hydrogen-bond donors (Lipinski definition) is 1. The minimum absolute atomic E-state index is 0.164. The number of aliphatic hydroxyl groups is 1. The Kier molecular flexibility index (Phi) is 4.15. The first-order valence-corrected chi connectivity index (χ1v) is 6.35. The number of nitrogens with zero attached hydrogens (tertiary/aromatic N) is 3. The highest BCUT2D eigenvalue weighted by atomic mass is 79.9. The fourth-order valence-corrected chi connectivity index (χ4v) is 1.85. The summed E-state index contributed by atoms with van der Waals surface area (Å²) in [5, 5.41) is 17.4. The monoisotopic (exact) mass is 315 g/mol. The van der Waals surface area contributed by atoms with Gasteiger partial charge < -0.3 is 5.11 Å². The van der Waals surface area contributed by atoms with Crippen LogP contribution >= 0.6 is 27.5 Å². The molecule has 0 saturated carbocycles. The summed E-state index contributed by atoms with van der Waals surface area (Å²) in [6.07, 6.45) is 3.26. The van der Waals surface area contributed by atoms with Crippen molar-refractivity contribution in [1.82, 2.24) is 15.0 Å². The molecule has 0 spiro atoms. The standard InChI is InChI=1S/C11H11BrClN3O/c12-10-4-3-9(6-11(10)13)16-7-8(14-15-16)2-1-5-17/h3-4,6-7,17H,1-2,5H2. The van der Waals surface area contributed by atoms with E-state index in [1.165, 1.54) is 0 Å². The molecule has 4 nitrogen and oxygen atoms in total. The normalized spacial score (nSPS) is 10.8. The molecule has 0 fully saturated rings. The topological polar surface area (TPSA) is 50.9 Å². The van der Waals surface area contributed by atoms with Crippen molar-refractivity contribution >= 4 is 27.5 Å². The Morgan fingerprint density at radius 2 is 2.24 bits per heavy atom. The summed E-state index contributed by atoms with van der Waals surface area (Å²) in [7, 11) is 0. The van der Waals surface area contributed by atoms with Crippen molar-refractivity contribution in [2.45, 2.75) is 12.8 Å².